The quantitative estimate of drug-likeness (QED) is 0.242. The van der Waals surface area contributed by atoms with Crippen LogP contribution in [-0.4, -0.2) is 33.5 Å². The average molecular weight is 360 g/mol. The van der Waals surface area contributed by atoms with Crippen molar-refractivity contribution in [1.29, 1.82) is 0 Å². The number of allylic oxidation sites excluding steroid dienone is 11. The van der Waals surface area contributed by atoms with Gasteiger partial charge in [-0.2, -0.15) is 0 Å². The summed E-state index contributed by atoms with van der Waals surface area (Å²) in [4.78, 5) is 10.2. The van der Waals surface area contributed by atoms with Crippen molar-refractivity contribution in [1.82, 2.24) is 0 Å². The smallest absolute Gasteiger partial charge is 0.328 e. The van der Waals surface area contributed by atoms with Crippen LogP contribution >= 0.6 is 0 Å². The number of carboxylic acids is 1. The lowest BCUT2D eigenvalue weighted by molar-refractivity contribution is -0.131. The van der Waals surface area contributed by atoms with E-state index in [1.54, 1.807) is 12.2 Å². The predicted octanol–water partition coefficient (Wildman–Crippen LogP) is 4.49. The zero-order valence-corrected chi connectivity index (χ0v) is 15.6. The molecule has 0 heterocycles. The Balaban J connectivity index is 3.68. The number of aliphatic carboxylic acids is 1. The summed E-state index contributed by atoms with van der Waals surface area (Å²) < 4.78 is 0. The molecule has 2 atom stereocenters. The molecule has 0 aliphatic heterocycles. The molecule has 0 spiro atoms. The van der Waals surface area contributed by atoms with Crippen molar-refractivity contribution in [2.75, 3.05) is 0 Å². The predicted molar refractivity (Wildman–Crippen MR) is 108 cm³/mol. The third-order valence-electron chi connectivity index (χ3n) is 3.61. The third kappa shape index (κ3) is 16.7. The first-order valence-corrected chi connectivity index (χ1v) is 9.16. The summed E-state index contributed by atoms with van der Waals surface area (Å²) in [5.74, 6) is -0.956. The lowest BCUT2D eigenvalue weighted by Crippen LogP contribution is -2.24. The van der Waals surface area contributed by atoms with Crippen LogP contribution < -0.4 is 0 Å². The molecule has 0 fully saturated rings. The molecule has 0 bridgehead atoms. The van der Waals surface area contributed by atoms with Crippen LogP contribution in [-0.2, 0) is 4.79 Å². The minimum Gasteiger partial charge on any atom is -0.478 e. The molecule has 0 aliphatic rings. The van der Waals surface area contributed by atoms with Crippen molar-refractivity contribution in [2.24, 2.45) is 0 Å². The van der Waals surface area contributed by atoms with E-state index < -0.39 is 18.2 Å². The first-order chi connectivity index (χ1) is 12.6. The van der Waals surface area contributed by atoms with Crippen LogP contribution in [0.2, 0.25) is 0 Å². The number of aliphatic hydroxyl groups is 2. The summed E-state index contributed by atoms with van der Waals surface area (Å²) in [6.45, 7) is 1.87. The summed E-state index contributed by atoms with van der Waals surface area (Å²) in [5, 5.41) is 27.5. The van der Waals surface area contributed by atoms with Gasteiger partial charge in [0.2, 0.25) is 0 Å². The zero-order valence-electron chi connectivity index (χ0n) is 15.6. The van der Waals surface area contributed by atoms with Crippen LogP contribution in [0.15, 0.2) is 72.9 Å². The SMILES string of the molecule is CCC(O)C(O)CCCCCC=CC=CC=CC=CC=CC=CC(=O)O. The summed E-state index contributed by atoms with van der Waals surface area (Å²) in [6.07, 6.45) is 25.7. The normalized spacial score (nSPS) is 15.5. The third-order valence-corrected chi connectivity index (χ3v) is 3.61. The fraction of sp³-hybridized carbons (Fsp3) is 0.409. The van der Waals surface area contributed by atoms with Crippen LogP contribution in [0.25, 0.3) is 0 Å². The van der Waals surface area contributed by atoms with E-state index in [1.807, 2.05) is 49.5 Å². The Morgan fingerprint density at radius 2 is 1.31 bits per heavy atom. The van der Waals surface area contributed by atoms with Gasteiger partial charge in [0.15, 0.2) is 0 Å². The number of rotatable bonds is 14. The Morgan fingerprint density at radius 3 is 1.85 bits per heavy atom. The maximum absolute atomic E-state index is 10.2. The van der Waals surface area contributed by atoms with Crippen LogP contribution in [0.4, 0.5) is 0 Å². The maximum Gasteiger partial charge on any atom is 0.328 e. The second-order valence-electron chi connectivity index (χ2n) is 5.85. The number of hydrogen-bond acceptors (Lipinski definition) is 3. The lowest BCUT2D eigenvalue weighted by atomic mass is 10.0. The van der Waals surface area contributed by atoms with Gasteiger partial charge in [-0.25, -0.2) is 4.79 Å². The van der Waals surface area contributed by atoms with E-state index in [4.69, 9.17) is 5.11 Å². The van der Waals surface area contributed by atoms with Gasteiger partial charge >= 0.3 is 5.97 Å². The number of carboxylic acid groups (broad SMARTS) is 1. The van der Waals surface area contributed by atoms with E-state index >= 15 is 0 Å². The molecule has 2 unspecified atom stereocenters. The molecular weight excluding hydrogens is 328 g/mol. The van der Waals surface area contributed by atoms with Gasteiger partial charge in [0, 0.05) is 6.08 Å². The van der Waals surface area contributed by atoms with Crippen molar-refractivity contribution in [3.05, 3.63) is 72.9 Å². The summed E-state index contributed by atoms with van der Waals surface area (Å²) >= 11 is 0. The Kier molecular flexibility index (Phi) is 16.2. The second kappa shape index (κ2) is 17.6. The average Bonchev–Trinajstić information content (AvgIpc) is 2.63. The minimum atomic E-state index is -0.956. The zero-order chi connectivity index (χ0) is 19.5. The lowest BCUT2D eigenvalue weighted by Gasteiger charge is -2.15. The van der Waals surface area contributed by atoms with Crippen molar-refractivity contribution >= 4 is 5.97 Å². The van der Waals surface area contributed by atoms with Gasteiger partial charge in [-0.3, -0.25) is 0 Å². The Hall–Kier alpha value is -2.17. The van der Waals surface area contributed by atoms with Gasteiger partial charge < -0.3 is 15.3 Å². The molecule has 0 aromatic heterocycles. The van der Waals surface area contributed by atoms with Gasteiger partial charge in [-0.15, -0.1) is 0 Å². The molecule has 144 valence electrons. The minimum absolute atomic E-state index is 0.587. The summed E-state index contributed by atoms with van der Waals surface area (Å²) in [7, 11) is 0. The van der Waals surface area contributed by atoms with Crippen LogP contribution in [0.5, 0.6) is 0 Å². The number of aliphatic hydroxyl groups excluding tert-OH is 2. The van der Waals surface area contributed by atoms with Crippen molar-refractivity contribution in [2.45, 2.75) is 57.7 Å². The molecular formula is C22H32O4. The first kappa shape index (κ1) is 23.8. The number of hydrogen-bond donors (Lipinski definition) is 3. The van der Waals surface area contributed by atoms with Crippen LogP contribution in [0.1, 0.15) is 45.4 Å². The first-order valence-electron chi connectivity index (χ1n) is 9.16. The molecule has 3 N–H and O–H groups in total. The highest BCUT2D eigenvalue weighted by molar-refractivity contribution is 5.80. The van der Waals surface area contributed by atoms with Crippen molar-refractivity contribution in [3.63, 3.8) is 0 Å². The van der Waals surface area contributed by atoms with Gasteiger partial charge in [-0.05, 0) is 25.7 Å². The van der Waals surface area contributed by atoms with Gasteiger partial charge in [0.05, 0.1) is 12.2 Å². The van der Waals surface area contributed by atoms with Crippen molar-refractivity contribution in [3.8, 4) is 0 Å². The summed E-state index contributed by atoms with van der Waals surface area (Å²) in [6, 6.07) is 0. The summed E-state index contributed by atoms with van der Waals surface area (Å²) in [5.41, 5.74) is 0. The monoisotopic (exact) mass is 360 g/mol. The highest BCUT2D eigenvalue weighted by Gasteiger charge is 2.12. The van der Waals surface area contributed by atoms with Gasteiger partial charge in [0.1, 0.15) is 0 Å². The Bertz CT molecular complexity index is 524. The van der Waals surface area contributed by atoms with Gasteiger partial charge in [-0.1, -0.05) is 86.6 Å². The topological polar surface area (TPSA) is 77.8 Å². The Labute approximate surface area is 157 Å². The fourth-order valence-electron chi connectivity index (χ4n) is 2.08. The van der Waals surface area contributed by atoms with Crippen LogP contribution in [0, 0.1) is 0 Å². The molecule has 4 heteroatoms. The molecule has 4 nitrogen and oxygen atoms in total. The van der Waals surface area contributed by atoms with E-state index in [0.717, 1.165) is 31.8 Å². The fourth-order valence-corrected chi connectivity index (χ4v) is 2.08. The molecule has 0 aromatic carbocycles. The van der Waals surface area contributed by atoms with E-state index in [0.29, 0.717) is 12.8 Å². The van der Waals surface area contributed by atoms with E-state index in [1.165, 1.54) is 6.08 Å². The number of carbonyl (C=O) groups is 1. The highest BCUT2D eigenvalue weighted by atomic mass is 16.4. The van der Waals surface area contributed by atoms with E-state index in [2.05, 4.69) is 6.08 Å². The standard InChI is InChI=1S/C22H32O4/c1-2-20(23)21(24)18-16-14-12-10-8-6-4-3-5-7-9-11-13-15-17-19-22(25)26/h3-9,11,13,15,17,19-21,23-24H,2,10,12,14,16,18H2,1H3,(H,25,26). The van der Waals surface area contributed by atoms with E-state index in [-0.39, 0.29) is 0 Å². The molecule has 26 heavy (non-hydrogen) atoms. The number of unbranched alkanes of at least 4 members (excludes halogenated alkanes) is 3. The highest BCUT2D eigenvalue weighted by Crippen LogP contribution is 2.10. The van der Waals surface area contributed by atoms with Crippen LogP contribution in [0.3, 0.4) is 0 Å². The maximum atomic E-state index is 10.2. The molecule has 0 rings (SSSR count). The van der Waals surface area contributed by atoms with E-state index in [9.17, 15) is 15.0 Å². The molecule has 0 aliphatic carbocycles. The van der Waals surface area contributed by atoms with Crippen molar-refractivity contribution < 1.29 is 20.1 Å². The molecule has 0 saturated heterocycles. The molecule has 0 aromatic rings. The second-order valence-corrected chi connectivity index (χ2v) is 5.85. The van der Waals surface area contributed by atoms with Gasteiger partial charge in [0.25, 0.3) is 0 Å². The Morgan fingerprint density at radius 1 is 0.769 bits per heavy atom. The molecule has 0 amide bonds. The largest absolute Gasteiger partial charge is 0.478 e. The molecule has 0 saturated carbocycles. The molecule has 0 radical (unpaired) electrons.